The molecule has 6 nitrogen and oxygen atoms in total. The van der Waals surface area contributed by atoms with E-state index in [1.165, 1.54) is 22.9 Å². The second-order valence-corrected chi connectivity index (χ2v) is 11.7. The highest BCUT2D eigenvalue weighted by Gasteiger charge is 2.50. The molecule has 4 aliphatic rings. The van der Waals surface area contributed by atoms with Gasteiger partial charge in [-0.2, -0.15) is 8.78 Å². The van der Waals surface area contributed by atoms with Crippen LogP contribution in [0.3, 0.4) is 0 Å². The smallest absolute Gasteiger partial charge is 0.298 e. The molecule has 8 heteroatoms. The summed E-state index contributed by atoms with van der Waals surface area (Å²) in [5, 5.41) is 4.56. The number of hydrogen-bond acceptors (Lipinski definition) is 6. The molecule has 0 saturated carbocycles. The maximum absolute atomic E-state index is 15.2. The molecule has 1 spiro atoms. The number of nitrogens with one attached hydrogen (secondary N) is 1. The van der Waals surface area contributed by atoms with E-state index in [2.05, 4.69) is 16.3 Å². The molecule has 4 heterocycles. The minimum atomic E-state index is -3.01. The van der Waals surface area contributed by atoms with E-state index in [1.54, 1.807) is 12.1 Å². The standard InChI is InChI=1S/C30H34F2N4O2/c1-18(20-6-3-7-21(12-20)30(31,32)26-10-5-11-38-26)33-28-24-13-25(36-14-29(15-36)16-37-17-29)22-8-4-9-23(22)27(24)34-19(2)35-28/h3,6-7,12-13,18,26H,4-5,8-11,14-17H2,1-2H3,(H,33,34,35)/t18-,26?/m1/s1. The highest BCUT2D eigenvalue weighted by molar-refractivity contribution is 5.96. The molecule has 38 heavy (non-hydrogen) atoms. The number of nitrogens with zero attached hydrogens (tertiary/aromatic N) is 3. The molecular weight excluding hydrogens is 486 g/mol. The van der Waals surface area contributed by atoms with Gasteiger partial charge in [-0.05, 0) is 74.8 Å². The van der Waals surface area contributed by atoms with Gasteiger partial charge in [-0.25, -0.2) is 9.97 Å². The maximum Gasteiger partial charge on any atom is 0.298 e. The zero-order chi connectivity index (χ0) is 26.1. The molecule has 3 fully saturated rings. The van der Waals surface area contributed by atoms with Crippen molar-refractivity contribution in [2.75, 3.05) is 43.1 Å². The SMILES string of the molecule is Cc1nc(N[C@H](C)c2cccc(C(F)(F)C3CCCO3)c2)c2cc(N3CC4(COC4)C3)c3c(c2n1)CCC3. The highest BCUT2D eigenvalue weighted by atomic mass is 19.3. The molecule has 7 rings (SSSR count). The molecule has 3 aliphatic heterocycles. The van der Waals surface area contributed by atoms with Gasteiger partial charge in [-0.1, -0.05) is 18.2 Å². The van der Waals surface area contributed by atoms with Gasteiger partial charge in [0.15, 0.2) is 0 Å². The number of anilines is 2. The monoisotopic (exact) mass is 520 g/mol. The van der Waals surface area contributed by atoms with Crippen LogP contribution in [0.2, 0.25) is 0 Å². The molecule has 1 unspecified atom stereocenters. The van der Waals surface area contributed by atoms with Crippen LogP contribution in [-0.4, -0.2) is 49.0 Å². The van der Waals surface area contributed by atoms with Gasteiger partial charge in [0, 0.05) is 42.4 Å². The van der Waals surface area contributed by atoms with Gasteiger partial charge >= 0.3 is 0 Å². The number of halogens is 2. The molecule has 0 amide bonds. The molecule has 3 saturated heterocycles. The topological polar surface area (TPSA) is 59.5 Å². The van der Waals surface area contributed by atoms with Crippen LogP contribution in [0.25, 0.3) is 10.9 Å². The van der Waals surface area contributed by atoms with E-state index in [4.69, 9.17) is 19.4 Å². The third-order valence-electron chi connectivity index (χ3n) is 8.82. The third kappa shape index (κ3) is 3.87. The molecule has 200 valence electrons. The van der Waals surface area contributed by atoms with Crippen molar-refractivity contribution in [3.05, 3.63) is 58.4 Å². The Morgan fingerprint density at radius 3 is 2.66 bits per heavy atom. The summed E-state index contributed by atoms with van der Waals surface area (Å²) in [6.45, 7) is 8.09. The van der Waals surface area contributed by atoms with E-state index in [9.17, 15) is 0 Å². The van der Waals surface area contributed by atoms with Crippen molar-refractivity contribution >= 4 is 22.4 Å². The fourth-order valence-electron chi connectivity index (χ4n) is 6.71. The van der Waals surface area contributed by atoms with E-state index in [0.717, 1.165) is 67.8 Å². The van der Waals surface area contributed by atoms with Crippen LogP contribution in [-0.2, 0) is 28.2 Å². The van der Waals surface area contributed by atoms with Crippen molar-refractivity contribution in [2.24, 2.45) is 5.41 Å². The van der Waals surface area contributed by atoms with E-state index in [0.29, 0.717) is 30.7 Å². The summed E-state index contributed by atoms with van der Waals surface area (Å²) in [5.74, 6) is -1.54. The van der Waals surface area contributed by atoms with Crippen molar-refractivity contribution in [1.82, 2.24) is 9.97 Å². The highest BCUT2D eigenvalue weighted by Crippen LogP contribution is 2.46. The molecule has 1 N–H and O–H groups in total. The normalized spacial score (nSPS) is 22.8. The first kappa shape index (κ1) is 24.2. The number of benzene rings is 2. The number of rotatable bonds is 6. The summed E-state index contributed by atoms with van der Waals surface area (Å²) < 4.78 is 41.2. The Morgan fingerprint density at radius 2 is 1.92 bits per heavy atom. The quantitative estimate of drug-likeness (QED) is 0.450. The average molecular weight is 521 g/mol. The summed E-state index contributed by atoms with van der Waals surface area (Å²) in [6.07, 6.45) is 3.24. The molecule has 0 radical (unpaired) electrons. The van der Waals surface area contributed by atoms with Crippen molar-refractivity contribution in [3.8, 4) is 0 Å². The Morgan fingerprint density at radius 1 is 1.11 bits per heavy atom. The Labute approximate surface area is 221 Å². The molecular formula is C30H34F2N4O2. The number of hydrogen-bond donors (Lipinski definition) is 1. The van der Waals surface area contributed by atoms with Crippen LogP contribution in [0, 0.1) is 12.3 Å². The Balaban J connectivity index is 1.22. The van der Waals surface area contributed by atoms with Gasteiger partial charge in [0.1, 0.15) is 17.7 Å². The largest absolute Gasteiger partial charge is 0.380 e. The van der Waals surface area contributed by atoms with E-state index in [-0.39, 0.29) is 11.6 Å². The lowest BCUT2D eigenvalue weighted by atomic mass is 9.77. The molecule has 0 bridgehead atoms. The van der Waals surface area contributed by atoms with E-state index >= 15 is 8.78 Å². The first-order chi connectivity index (χ1) is 18.3. The number of aromatic nitrogens is 2. The van der Waals surface area contributed by atoms with Gasteiger partial charge in [0.05, 0.1) is 24.1 Å². The van der Waals surface area contributed by atoms with Crippen LogP contribution in [0.5, 0.6) is 0 Å². The van der Waals surface area contributed by atoms with Crippen LogP contribution in [0.15, 0.2) is 30.3 Å². The fourth-order valence-corrected chi connectivity index (χ4v) is 6.71. The molecule has 2 atom stereocenters. The van der Waals surface area contributed by atoms with Gasteiger partial charge in [-0.15, -0.1) is 0 Å². The molecule has 1 aromatic heterocycles. The van der Waals surface area contributed by atoms with Crippen molar-refractivity contribution < 1.29 is 18.3 Å². The van der Waals surface area contributed by atoms with Crippen LogP contribution >= 0.6 is 0 Å². The van der Waals surface area contributed by atoms with Crippen molar-refractivity contribution in [1.29, 1.82) is 0 Å². The number of fused-ring (bicyclic) bond motifs is 3. The maximum atomic E-state index is 15.2. The number of alkyl halides is 2. The van der Waals surface area contributed by atoms with Crippen molar-refractivity contribution in [3.63, 3.8) is 0 Å². The summed E-state index contributed by atoms with van der Waals surface area (Å²) in [7, 11) is 0. The van der Waals surface area contributed by atoms with Gasteiger partial charge in [0.25, 0.3) is 5.92 Å². The number of aryl methyl sites for hydroxylation is 2. The lowest BCUT2D eigenvalue weighted by Crippen LogP contribution is -2.66. The van der Waals surface area contributed by atoms with Crippen LogP contribution in [0.4, 0.5) is 20.3 Å². The Bertz CT molecular complexity index is 1390. The summed E-state index contributed by atoms with van der Waals surface area (Å²) in [5.41, 5.74) is 6.20. The Hall–Kier alpha value is -2.84. The van der Waals surface area contributed by atoms with E-state index in [1.807, 2.05) is 19.9 Å². The van der Waals surface area contributed by atoms with Crippen molar-refractivity contribution in [2.45, 2.75) is 64.0 Å². The third-order valence-corrected chi connectivity index (χ3v) is 8.82. The van der Waals surface area contributed by atoms with Gasteiger partial charge in [0.2, 0.25) is 0 Å². The zero-order valence-corrected chi connectivity index (χ0v) is 22.0. The second kappa shape index (κ2) is 8.85. The van der Waals surface area contributed by atoms with E-state index < -0.39 is 12.0 Å². The average Bonchev–Trinajstić information content (AvgIpc) is 3.56. The second-order valence-electron chi connectivity index (χ2n) is 11.7. The minimum absolute atomic E-state index is 0.00562. The predicted octanol–water partition coefficient (Wildman–Crippen LogP) is 5.71. The van der Waals surface area contributed by atoms with Crippen LogP contribution < -0.4 is 10.2 Å². The lowest BCUT2D eigenvalue weighted by Gasteiger charge is -2.56. The van der Waals surface area contributed by atoms with Gasteiger partial charge < -0.3 is 19.7 Å². The zero-order valence-electron chi connectivity index (χ0n) is 22.0. The summed E-state index contributed by atoms with van der Waals surface area (Å²) in [4.78, 5) is 12.2. The Kier molecular flexibility index (Phi) is 5.64. The van der Waals surface area contributed by atoms with Crippen LogP contribution in [0.1, 0.15) is 60.3 Å². The summed E-state index contributed by atoms with van der Waals surface area (Å²) >= 11 is 0. The van der Waals surface area contributed by atoms with Gasteiger partial charge in [-0.3, -0.25) is 0 Å². The lowest BCUT2D eigenvalue weighted by molar-refractivity contribution is -0.127. The fraction of sp³-hybridized carbons (Fsp3) is 0.533. The minimum Gasteiger partial charge on any atom is -0.380 e. The first-order valence-electron chi connectivity index (χ1n) is 13.9. The number of ether oxygens (including phenoxy) is 2. The molecule has 1 aliphatic carbocycles. The predicted molar refractivity (Wildman–Crippen MR) is 143 cm³/mol. The summed E-state index contributed by atoms with van der Waals surface area (Å²) in [6, 6.07) is 8.76. The molecule has 2 aromatic carbocycles. The molecule has 3 aromatic rings. The first-order valence-corrected chi connectivity index (χ1v) is 13.9.